The topological polar surface area (TPSA) is 20.2 Å². The van der Waals surface area contributed by atoms with E-state index in [1.807, 2.05) is 6.08 Å². The Bertz CT molecular complexity index is 184. The van der Waals surface area contributed by atoms with Crippen molar-refractivity contribution in [2.24, 2.45) is 5.92 Å². The van der Waals surface area contributed by atoms with Gasteiger partial charge in [0.15, 0.2) is 0 Å². The summed E-state index contributed by atoms with van der Waals surface area (Å²) in [5.74, 6) is 0.882. The molecule has 0 saturated carbocycles. The Kier molecular flexibility index (Phi) is 15.2. The molecule has 0 aromatic rings. The monoisotopic (exact) mass is 268 g/mol. The minimum Gasteiger partial charge on any atom is -0.516 e. The SMILES string of the molecule is CC(C)CCCCCCCCCCCCC/C=C/O. The maximum absolute atomic E-state index is 8.49. The zero-order valence-electron chi connectivity index (χ0n) is 13.4. The van der Waals surface area contributed by atoms with Crippen LogP contribution < -0.4 is 0 Å². The highest BCUT2D eigenvalue weighted by Gasteiger charge is 1.95. The average molecular weight is 268 g/mol. The van der Waals surface area contributed by atoms with E-state index >= 15 is 0 Å². The molecule has 114 valence electrons. The molecule has 0 saturated heterocycles. The summed E-state index contributed by atoms with van der Waals surface area (Å²) < 4.78 is 0. The van der Waals surface area contributed by atoms with Crippen LogP contribution in [-0.2, 0) is 0 Å². The number of aliphatic hydroxyl groups excluding tert-OH is 1. The van der Waals surface area contributed by atoms with E-state index in [0.29, 0.717) is 0 Å². The summed E-state index contributed by atoms with van der Waals surface area (Å²) in [6, 6.07) is 0. The Labute approximate surface area is 121 Å². The van der Waals surface area contributed by atoms with Crippen molar-refractivity contribution in [3.63, 3.8) is 0 Å². The fourth-order valence-corrected chi connectivity index (χ4v) is 2.48. The minimum atomic E-state index is 0.882. The second kappa shape index (κ2) is 15.6. The summed E-state index contributed by atoms with van der Waals surface area (Å²) in [4.78, 5) is 0. The number of hydrogen-bond acceptors (Lipinski definition) is 1. The van der Waals surface area contributed by atoms with Gasteiger partial charge in [0.05, 0.1) is 6.26 Å². The Morgan fingerprint density at radius 3 is 1.53 bits per heavy atom. The molecule has 0 unspecified atom stereocenters. The zero-order valence-corrected chi connectivity index (χ0v) is 13.4. The summed E-state index contributed by atoms with van der Waals surface area (Å²) in [7, 11) is 0. The smallest absolute Gasteiger partial charge is 0.0751 e. The first-order valence-corrected chi connectivity index (χ1v) is 8.56. The lowest BCUT2D eigenvalue weighted by Crippen LogP contribution is -1.87. The van der Waals surface area contributed by atoms with Gasteiger partial charge < -0.3 is 5.11 Å². The Hall–Kier alpha value is -0.460. The van der Waals surface area contributed by atoms with E-state index in [4.69, 9.17) is 5.11 Å². The highest BCUT2D eigenvalue weighted by molar-refractivity contribution is 4.70. The van der Waals surface area contributed by atoms with Crippen LogP contribution in [0.4, 0.5) is 0 Å². The average Bonchev–Trinajstić information content (AvgIpc) is 2.39. The number of allylic oxidation sites excluding steroid dienone is 1. The lowest BCUT2D eigenvalue weighted by atomic mass is 10.0. The first kappa shape index (κ1) is 18.5. The Morgan fingerprint density at radius 1 is 0.684 bits per heavy atom. The molecule has 0 bridgehead atoms. The van der Waals surface area contributed by atoms with Crippen LogP contribution >= 0.6 is 0 Å². The Balaban J connectivity index is 2.95. The molecule has 0 heterocycles. The summed E-state index contributed by atoms with van der Waals surface area (Å²) >= 11 is 0. The first-order valence-electron chi connectivity index (χ1n) is 8.56. The van der Waals surface area contributed by atoms with E-state index in [2.05, 4.69) is 13.8 Å². The lowest BCUT2D eigenvalue weighted by Gasteiger charge is -2.04. The van der Waals surface area contributed by atoms with Crippen LogP contribution in [0.15, 0.2) is 12.3 Å². The van der Waals surface area contributed by atoms with Gasteiger partial charge in [-0.3, -0.25) is 0 Å². The van der Waals surface area contributed by atoms with Gasteiger partial charge in [0.1, 0.15) is 0 Å². The van der Waals surface area contributed by atoms with Crippen molar-refractivity contribution in [1.29, 1.82) is 0 Å². The highest BCUT2D eigenvalue weighted by Crippen LogP contribution is 2.14. The molecular weight excluding hydrogens is 232 g/mol. The van der Waals surface area contributed by atoms with Crippen molar-refractivity contribution in [1.82, 2.24) is 0 Å². The van der Waals surface area contributed by atoms with Crippen molar-refractivity contribution in [3.8, 4) is 0 Å². The van der Waals surface area contributed by atoms with Crippen molar-refractivity contribution in [2.45, 2.75) is 97.3 Å². The Morgan fingerprint density at radius 2 is 1.11 bits per heavy atom. The molecule has 0 fully saturated rings. The molecule has 0 radical (unpaired) electrons. The molecule has 0 atom stereocenters. The van der Waals surface area contributed by atoms with Gasteiger partial charge in [0.2, 0.25) is 0 Å². The zero-order chi connectivity index (χ0) is 14.2. The van der Waals surface area contributed by atoms with Gasteiger partial charge in [-0.1, -0.05) is 90.6 Å². The summed E-state index contributed by atoms with van der Waals surface area (Å²) in [5, 5.41) is 8.49. The second-order valence-corrected chi connectivity index (χ2v) is 6.25. The van der Waals surface area contributed by atoms with Crippen molar-refractivity contribution < 1.29 is 5.11 Å². The maximum Gasteiger partial charge on any atom is 0.0751 e. The lowest BCUT2D eigenvalue weighted by molar-refractivity contribution is 0.469. The maximum atomic E-state index is 8.49. The molecule has 0 aliphatic carbocycles. The predicted octanol–water partition coefficient (Wildman–Crippen LogP) is 6.79. The van der Waals surface area contributed by atoms with Gasteiger partial charge in [-0.15, -0.1) is 0 Å². The largest absolute Gasteiger partial charge is 0.516 e. The fourth-order valence-electron chi connectivity index (χ4n) is 2.48. The van der Waals surface area contributed by atoms with Crippen LogP contribution in [0.1, 0.15) is 97.3 Å². The van der Waals surface area contributed by atoms with E-state index in [1.165, 1.54) is 83.3 Å². The third-order valence-electron chi connectivity index (χ3n) is 3.76. The number of unbranched alkanes of at least 4 members (excludes halogenated alkanes) is 11. The van der Waals surface area contributed by atoms with Gasteiger partial charge in [-0.2, -0.15) is 0 Å². The van der Waals surface area contributed by atoms with E-state index < -0.39 is 0 Å². The van der Waals surface area contributed by atoms with Gasteiger partial charge in [0, 0.05) is 0 Å². The van der Waals surface area contributed by atoms with Crippen molar-refractivity contribution in [2.75, 3.05) is 0 Å². The van der Waals surface area contributed by atoms with Crippen LogP contribution in [0.25, 0.3) is 0 Å². The molecule has 0 spiro atoms. The molecule has 1 nitrogen and oxygen atoms in total. The fraction of sp³-hybridized carbons (Fsp3) is 0.889. The summed E-state index contributed by atoms with van der Waals surface area (Å²) in [6.45, 7) is 4.64. The highest BCUT2D eigenvalue weighted by atomic mass is 16.2. The molecule has 0 rings (SSSR count). The number of rotatable bonds is 14. The van der Waals surface area contributed by atoms with Crippen LogP contribution in [0.2, 0.25) is 0 Å². The molecular formula is C18H36O. The second-order valence-electron chi connectivity index (χ2n) is 6.25. The van der Waals surface area contributed by atoms with Gasteiger partial charge >= 0.3 is 0 Å². The minimum absolute atomic E-state index is 0.882. The van der Waals surface area contributed by atoms with Gasteiger partial charge in [-0.25, -0.2) is 0 Å². The molecule has 1 N–H and O–H groups in total. The standard InChI is InChI=1S/C18H36O/c1-18(2)16-14-12-10-8-6-4-3-5-7-9-11-13-15-17-19/h15,17-19H,3-14,16H2,1-2H3/b17-15+. The van der Waals surface area contributed by atoms with Crippen molar-refractivity contribution in [3.05, 3.63) is 12.3 Å². The van der Waals surface area contributed by atoms with E-state index in [-0.39, 0.29) is 0 Å². The number of hydrogen-bond donors (Lipinski definition) is 1. The summed E-state index contributed by atoms with van der Waals surface area (Å²) in [5.41, 5.74) is 0. The normalized spacial score (nSPS) is 11.7. The molecule has 0 aliphatic heterocycles. The van der Waals surface area contributed by atoms with Crippen LogP contribution in [0.3, 0.4) is 0 Å². The van der Waals surface area contributed by atoms with Gasteiger partial charge in [0.25, 0.3) is 0 Å². The molecule has 0 aromatic heterocycles. The van der Waals surface area contributed by atoms with Crippen LogP contribution in [0.5, 0.6) is 0 Å². The molecule has 0 amide bonds. The van der Waals surface area contributed by atoms with E-state index in [9.17, 15) is 0 Å². The predicted molar refractivity (Wildman–Crippen MR) is 86.6 cm³/mol. The molecule has 19 heavy (non-hydrogen) atoms. The quantitative estimate of drug-likeness (QED) is 0.272. The third-order valence-corrected chi connectivity index (χ3v) is 3.76. The van der Waals surface area contributed by atoms with Crippen molar-refractivity contribution >= 4 is 0 Å². The summed E-state index contributed by atoms with van der Waals surface area (Å²) in [6.07, 6.45) is 20.8. The third kappa shape index (κ3) is 17.5. The number of aliphatic hydroxyl groups is 1. The molecule has 0 aliphatic rings. The van der Waals surface area contributed by atoms with E-state index in [0.717, 1.165) is 12.3 Å². The van der Waals surface area contributed by atoms with Gasteiger partial charge in [-0.05, 0) is 18.8 Å². The van der Waals surface area contributed by atoms with Crippen LogP contribution in [0, 0.1) is 5.92 Å². The molecule has 1 heteroatoms. The van der Waals surface area contributed by atoms with E-state index in [1.54, 1.807) is 0 Å². The molecule has 0 aromatic carbocycles. The first-order chi connectivity index (χ1) is 9.27. The van der Waals surface area contributed by atoms with Crippen LogP contribution in [-0.4, -0.2) is 5.11 Å².